The zero-order valence-electron chi connectivity index (χ0n) is 12.8. The average molecular weight is 319 g/mol. The van der Waals surface area contributed by atoms with Gasteiger partial charge in [0.15, 0.2) is 0 Å². The van der Waals surface area contributed by atoms with Crippen molar-refractivity contribution in [2.45, 2.75) is 19.5 Å². The Balaban J connectivity index is 2.35. The number of nitrogen functional groups attached to an aromatic ring is 1. The summed E-state index contributed by atoms with van der Waals surface area (Å²) in [6, 6.07) is 9.11. The molecule has 0 aliphatic rings. The summed E-state index contributed by atoms with van der Waals surface area (Å²) < 4.78 is 42.3. The Morgan fingerprint density at radius 1 is 1.17 bits per heavy atom. The van der Waals surface area contributed by atoms with E-state index < -0.39 is 11.7 Å². The highest BCUT2D eigenvalue weighted by molar-refractivity contribution is 5.86. The first-order valence-corrected chi connectivity index (χ1v) is 7.23. The number of nitrogens with two attached hydrogens (primary N) is 1. The number of benzene rings is 2. The van der Waals surface area contributed by atoms with Crippen LogP contribution in [0.5, 0.6) is 0 Å². The third-order valence-corrected chi connectivity index (χ3v) is 3.93. The maximum Gasteiger partial charge on any atom is 0.417 e. The van der Waals surface area contributed by atoms with Crippen LogP contribution in [0, 0.1) is 0 Å². The van der Waals surface area contributed by atoms with Crippen molar-refractivity contribution in [2.75, 3.05) is 5.73 Å². The summed E-state index contributed by atoms with van der Waals surface area (Å²) in [7, 11) is 1.73. The summed E-state index contributed by atoms with van der Waals surface area (Å²) in [6.45, 7) is 1.92. The molecular formula is C17H16F3N3. The fraction of sp³-hybridized carbons (Fsp3) is 0.235. The van der Waals surface area contributed by atoms with E-state index in [1.54, 1.807) is 35.9 Å². The largest absolute Gasteiger partial charge is 0.417 e. The summed E-state index contributed by atoms with van der Waals surface area (Å²) in [5.41, 5.74) is 7.01. The Morgan fingerprint density at radius 2 is 1.91 bits per heavy atom. The molecule has 0 fully saturated rings. The van der Waals surface area contributed by atoms with E-state index in [0.29, 0.717) is 28.7 Å². The topological polar surface area (TPSA) is 43.8 Å². The Morgan fingerprint density at radius 3 is 2.52 bits per heavy atom. The molecule has 0 saturated carbocycles. The molecular weight excluding hydrogens is 303 g/mol. The normalized spacial score (nSPS) is 12.0. The number of alkyl halides is 3. The summed E-state index contributed by atoms with van der Waals surface area (Å²) in [5, 5.41) is 0. The van der Waals surface area contributed by atoms with E-state index in [0.717, 1.165) is 5.82 Å². The Kier molecular flexibility index (Phi) is 3.55. The van der Waals surface area contributed by atoms with Gasteiger partial charge in [-0.05, 0) is 35.4 Å². The highest BCUT2D eigenvalue weighted by atomic mass is 19.4. The molecule has 0 aliphatic carbocycles. The maximum absolute atomic E-state index is 13.5. The lowest BCUT2D eigenvalue weighted by Gasteiger charge is -2.14. The van der Waals surface area contributed by atoms with E-state index in [2.05, 4.69) is 4.98 Å². The van der Waals surface area contributed by atoms with Crippen molar-refractivity contribution in [3.63, 3.8) is 0 Å². The first-order valence-electron chi connectivity index (χ1n) is 7.23. The Hall–Kier alpha value is -2.50. The van der Waals surface area contributed by atoms with Crippen LogP contribution in [0.3, 0.4) is 0 Å². The quantitative estimate of drug-likeness (QED) is 0.711. The zero-order chi connectivity index (χ0) is 16.8. The minimum Gasteiger partial charge on any atom is -0.399 e. The summed E-state index contributed by atoms with van der Waals surface area (Å²) >= 11 is 0. The van der Waals surface area contributed by atoms with Crippen molar-refractivity contribution in [3.8, 4) is 11.1 Å². The standard InChI is InChI=1S/C17H16F3N3/c1-3-16-22-14-8-12(10-5-4-6-11(21)7-10)13(17(18,19)20)9-15(14)23(16)2/h4-9H,3,21H2,1-2H3. The number of anilines is 1. The molecule has 0 unspecified atom stereocenters. The van der Waals surface area contributed by atoms with Crippen LogP contribution in [0.25, 0.3) is 22.2 Å². The van der Waals surface area contributed by atoms with Gasteiger partial charge < -0.3 is 10.3 Å². The van der Waals surface area contributed by atoms with Gasteiger partial charge in [0.05, 0.1) is 16.6 Å². The summed E-state index contributed by atoms with van der Waals surface area (Å²) in [6.07, 6.45) is -3.80. The molecule has 0 bridgehead atoms. The van der Waals surface area contributed by atoms with Crippen LogP contribution in [0.1, 0.15) is 18.3 Å². The van der Waals surface area contributed by atoms with Crippen molar-refractivity contribution in [1.29, 1.82) is 0 Å². The van der Waals surface area contributed by atoms with Crippen molar-refractivity contribution < 1.29 is 13.2 Å². The van der Waals surface area contributed by atoms with E-state index in [4.69, 9.17) is 5.73 Å². The molecule has 1 aromatic heterocycles. The van der Waals surface area contributed by atoms with Crippen LogP contribution in [0.15, 0.2) is 36.4 Å². The second-order valence-electron chi connectivity index (χ2n) is 5.45. The SMILES string of the molecule is CCc1nc2cc(-c3cccc(N)c3)c(C(F)(F)F)cc2n1C. The van der Waals surface area contributed by atoms with Crippen LogP contribution >= 0.6 is 0 Å². The second kappa shape index (κ2) is 5.30. The van der Waals surface area contributed by atoms with E-state index in [1.165, 1.54) is 12.1 Å². The minimum absolute atomic E-state index is 0.0954. The molecule has 23 heavy (non-hydrogen) atoms. The molecule has 2 N–H and O–H groups in total. The van der Waals surface area contributed by atoms with Crippen LogP contribution in [-0.4, -0.2) is 9.55 Å². The number of imidazole rings is 1. The molecule has 3 rings (SSSR count). The van der Waals surface area contributed by atoms with Gasteiger partial charge in [-0.2, -0.15) is 13.2 Å². The van der Waals surface area contributed by atoms with E-state index in [9.17, 15) is 13.2 Å². The minimum atomic E-state index is -4.45. The number of hydrogen-bond acceptors (Lipinski definition) is 2. The van der Waals surface area contributed by atoms with Crippen LogP contribution < -0.4 is 5.73 Å². The number of aromatic nitrogens is 2. The second-order valence-corrected chi connectivity index (χ2v) is 5.45. The molecule has 0 aliphatic heterocycles. The van der Waals surface area contributed by atoms with Crippen LogP contribution in [-0.2, 0) is 19.6 Å². The van der Waals surface area contributed by atoms with Crippen molar-refractivity contribution in [1.82, 2.24) is 9.55 Å². The lowest BCUT2D eigenvalue weighted by molar-refractivity contribution is -0.137. The molecule has 3 nitrogen and oxygen atoms in total. The molecule has 0 radical (unpaired) electrons. The molecule has 3 aromatic rings. The molecule has 0 atom stereocenters. The van der Waals surface area contributed by atoms with Gasteiger partial charge in [-0.15, -0.1) is 0 Å². The first kappa shape index (κ1) is 15.4. The zero-order valence-corrected chi connectivity index (χ0v) is 12.8. The number of fused-ring (bicyclic) bond motifs is 1. The lowest BCUT2D eigenvalue weighted by Crippen LogP contribution is -2.08. The van der Waals surface area contributed by atoms with E-state index in [-0.39, 0.29) is 5.56 Å². The number of hydrogen-bond donors (Lipinski definition) is 1. The molecule has 0 saturated heterocycles. The summed E-state index contributed by atoms with van der Waals surface area (Å²) in [4.78, 5) is 4.43. The number of halogens is 3. The predicted molar refractivity (Wildman–Crippen MR) is 84.9 cm³/mol. The molecule has 0 amide bonds. The predicted octanol–water partition coefficient (Wildman–Crippen LogP) is 4.40. The fourth-order valence-electron chi connectivity index (χ4n) is 2.78. The maximum atomic E-state index is 13.5. The van der Waals surface area contributed by atoms with Gasteiger partial charge in [0.25, 0.3) is 0 Å². The van der Waals surface area contributed by atoms with Gasteiger partial charge in [-0.25, -0.2) is 4.98 Å². The van der Waals surface area contributed by atoms with Gasteiger partial charge in [0.1, 0.15) is 5.82 Å². The highest BCUT2D eigenvalue weighted by Gasteiger charge is 2.34. The van der Waals surface area contributed by atoms with Crippen molar-refractivity contribution >= 4 is 16.7 Å². The van der Waals surface area contributed by atoms with E-state index >= 15 is 0 Å². The first-order chi connectivity index (χ1) is 10.8. The van der Waals surface area contributed by atoms with Gasteiger partial charge >= 0.3 is 6.18 Å². The number of nitrogens with zero attached hydrogens (tertiary/aromatic N) is 2. The Bertz CT molecular complexity index is 879. The molecule has 0 spiro atoms. The van der Waals surface area contributed by atoms with Gasteiger partial charge in [0.2, 0.25) is 0 Å². The number of rotatable bonds is 2. The van der Waals surface area contributed by atoms with Gasteiger partial charge in [-0.3, -0.25) is 0 Å². The van der Waals surface area contributed by atoms with Gasteiger partial charge in [-0.1, -0.05) is 19.1 Å². The third-order valence-electron chi connectivity index (χ3n) is 3.93. The monoisotopic (exact) mass is 319 g/mol. The van der Waals surface area contributed by atoms with Crippen molar-refractivity contribution in [2.24, 2.45) is 7.05 Å². The Labute approximate surface area is 131 Å². The molecule has 120 valence electrons. The molecule has 2 aromatic carbocycles. The molecule has 6 heteroatoms. The van der Waals surface area contributed by atoms with Crippen LogP contribution in [0.2, 0.25) is 0 Å². The third kappa shape index (κ3) is 2.65. The molecule has 1 heterocycles. The van der Waals surface area contributed by atoms with Gasteiger partial charge in [0, 0.05) is 19.2 Å². The van der Waals surface area contributed by atoms with E-state index in [1.807, 2.05) is 6.92 Å². The highest BCUT2D eigenvalue weighted by Crippen LogP contribution is 2.39. The van der Waals surface area contributed by atoms with Crippen LogP contribution in [0.4, 0.5) is 18.9 Å². The smallest absolute Gasteiger partial charge is 0.399 e. The average Bonchev–Trinajstić information content (AvgIpc) is 2.81. The van der Waals surface area contributed by atoms with Crippen molar-refractivity contribution in [3.05, 3.63) is 47.8 Å². The number of aryl methyl sites for hydroxylation is 2. The lowest BCUT2D eigenvalue weighted by atomic mass is 9.98. The summed E-state index contributed by atoms with van der Waals surface area (Å²) in [5.74, 6) is 0.748. The fourth-order valence-corrected chi connectivity index (χ4v) is 2.78.